The normalized spacial score (nSPS) is 15.4. The molecule has 0 radical (unpaired) electrons. The monoisotopic (exact) mass is 488 g/mol. The summed E-state index contributed by atoms with van der Waals surface area (Å²) in [6.07, 6.45) is 3.82. The molecule has 1 fully saturated rings. The molecule has 2 aromatic rings. The predicted molar refractivity (Wildman–Crippen MR) is 129 cm³/mol. The van der Waals surface area contributed by atoms with Crippen molar-refractivity contribution in [2.75, 3.05) is 32.7 Å². The highest BCUT2D eigenvalue weighted by molar-refractivity contribution is 6.34. The van der Waals surface area contributed by atoms with Crippen LogP contribution < -0.4 is 14.8 Å². The lowest BCUT2D eigenvalue weighted by molar-refractivity contribution is -0.138. The third kappa shape index (κ3) is 5.80. The summed E-state index contributed by atoms with van der Waals surface area (Å²) in [4.78, 5) is 40.3. The summed E-state index contributed by atoms with van der Waals surface area (Å²) in [7, 11) is 2.87. The number of anilines is 1. The van der Waals surface area contributed by atoms with Gasteiger partial charge in [0.05, 0.1) is 36.1 Å². The summed E-state index contributed by atoms with van der Waals surface area (Å²) in [6, 6.07) is 9.58. The quantitative estimate of drug-likeness (QED) is 0.547. The second-order valence-electron chi connectivity index (χ2n) is 7.91. The standard InChI is InChI=1S/C25H29ClN2O6/c1-4-16-9-7-8-12-28(16)23(29)15-34-25(31)18-13-21(32-2)22(33-3)14-20(18)27-24(30)17-10-5-6-11-19(17)26/h5-6,10-11,13-14,16H,4,7-9,12,15H2,1-3H3,(H,27,30). The lowest BCUT2D eigenvalue weighted by Gasteiger charge is -2.35. The molecule has 182 valence electrons. The van der Waals surface area contributed by atoms with Gasteiger partial charge in [0, 0.05) is 24.7 Å². The molecule has 1 aliphatic rings. The molecule has 34 heavy (non-hydrogen) atoms. The van der Waals surface area contributed by atoms with Gasteiger partial charge in [-0.2, -0.15) is 0 Å². The van der Waals surface area contributed by atoms with Gasteiger partial charge in [0.2, 0.25) is 0 Å². The average molecular weight is 489 g/mol. The second-order valence-corrected chi connectivity index (χ2v) is 8.32. The number of nitrogens with zero attached hydrogens (tertiary/aromatic N) is 1. The predicted octanol–water partition coefficient (Wildman–Crippen LogP) is 4.56. The molecule has 8 nitrogen and oxygen atoms in total. The van der Waals surface area contributed by atoms with E-state index in [1.165, 1.54) is 26.4 Å². The average Bonchev–Trinajstić information content (AvgIpc) is 2.86. The van der Waals surface area contributed by atoms with Crippen LogP contribution in [-0.4, -0.2) is 56.1 Å². The number of carbonyl (C=O) groups excluding carboxylic acids is 3. The zero-order valence-corrected chi connectivity index (χ0v) is 20.3. The van der Waals surface area contributed by atoms with E-state index < -0.39 is 11.9 Å². The van der Waals surface area contributed by atoms with Gasteiger partial charge < -0.3 is 24.4 Å². The molecule has 2 amide bonds. The molecule has 0 spiro atoms. The summed E-state index contributed by atoms with van der Waals surface area (Å²) in [5.74, 6) is -0.930. The van der Waals surface area contributed by atoms with E-state index in [2.05, 4.69) is 5.32 Å². The van der Waals surface area contributed by atoms with Gasteiger partial charge in [-0.25, -0.2) is 4.79 Å². The number of hydrogen-bond donors (Lipinski definition) is 1. The molecule has 1 aliphatic heterocycles. The highest BCUT2D eigenvalue weighted by Crippen LogP contribution is 2.34. The largest absolute Gasteiger partial charge is 0.493 e. The lowest BCUT2D eigenvalue weighted by Crippen LogP contribution is -2.45. The van der Waals surface area contributed by atoms with Crippen LogP contribution in [0.4, 0.5) is 5.69 Å². The van der Waals surface area contributed by atoms with Crippen molar-refractivity contribution < 1.29 is 28.6 Å². The van der Waals surface area contributed by atoms with E-state index in [-0.39, 0.29) is 46.1 Å². The van der Waals surface area contributed by atoms with Gasteiger partial charge in [-0.1, -0.05) is 30.7 Å². The molecule has 1 unspecified atom stereocenters. The van der Waals surface area contributed by atoms with E-state index >= 15 is 0 Å². The van der Waals surface area contributed by atoms with Crippen molar-refractivity contribution in [1.82, 2.24) is 4.90 Å². The van der Waals surface area contributed by atoms with E-state index in [1.807, 2.05) is 6.92 Å². The number of piperidine rings is 1. The molecule has 0 aromatic heterocycles. The van der Waals surface area contributed by atoms with Gasteiger partial charge >= 0.3 is 5.97 Å². The van der Waals surface area contributed by atoms with Gasteiger partial charge in [-0.3, -0.25) is 9.59 Å². The fourth-order valence-electron chi connectivity index (χ4n) is 4.03. The Labute approximate surface area is 204 Å². The highest BCUT2D eigenvalue weighted by Gasteiger charge is 2.27. The minimum atomic E-state index is -0.770. The van der Waals surface area contributed by atoms with Crippen molar-refractivity contribution in [3.8, 4) is 11.5 Å². The topological polar surface area (TPSA) is 94.2 Å². The zero-order valence-electron chi connectivity index (χ0n) is 19.6. The maximum atomic E-state index is 13.0. The van der Waals surface area contributed by atoms with E-state index in [0.29, 0.717) is 12.3 Å². The summed E-state index contributed by atoms with van der Waals surface area (Å²) in [6.45, 7) is 2.31. The molecule has 3 rings (SSSR count). The molecule has 1 heterocycles. The van der Waals surface area contributed by atoms with E-state index in [9.17, 15) is 14.4 Å². The summed E-state index contributed by atoms with van der Waals surface area (Å²) < 4.78 is 16.0. The molecule has 1 atom stereocenters. The van der Waals surface area contributed by atoms with E-state index in [0.717, 1.165) is 25.7 Å². The van der Waals surface area contributed by atoms with Crippen LogP contribution in [0.2, 0.25) is 5.02 Å². The van der Waals surface area contributed by atoms with Gasteiger partial charge in [0.25, 0.3) is 11.8 Å². The first-order valence-electron chi connectivity index (χ1n) is 11.2. The van der Waals surface area contributed by atoms with E-state index in [1.54, 1.807) is 29.2 Å². The number of hydrogen-bond acceptors (Lipinski definition) is 6. The SMILES string of the molecule is CCC1CCCCN1C(=O)COC(=O)c1cc(OC)c(OC)cc1NC(=O)c1ccccc1Cl. The maximum Gasteiger partial charge on any atom is 0.340 e. The number of carbonyl (C=O) groups is 3. The number of ether oxygens (including phenoxy) is 3. The van der Waals surface area contributed by atoms with Crippen molar-refractivity contribution in [3.63, 3.8) is 0 Å². The first kappa shape index (κ1) is 25.4. The van der Waals surface area contributed by atoms with Crippen molar-refractivity contribution >= 4 is 35.1 Å². The Kier molecular flexibility index (Phi) is 8.76. The molecule has 2 aromatic carbocycles. The van der Waals surface area contributed by atoms with Crippen LogP contribution in [0.3, 0.4) is 0 Å². The Balaban J connectivity index is 1.82. The summed E-state index contributed by atoms with van der Waals surface area (Å²) >= 11 is 6.14. The van der Waals surface area contributed by atoms with Gasteiger partial charge in [-0.05, 0) is 37.8 Å². The first-order valence-corrected chi connectivity index (χ1v) is 11.6. The molecule has 0 bridgehead atoms. The Morgan fingerprint density at radius 3 is 2.44 bits per heavy atom. The second kappa shape index (κ2) is 11.7. The van der Waals surface area contributed by atoms with Crippen molar-refractivity contribution in [3.05, 3.63) is 52.5 Å². The zero-order chi connectivity index (χ0) is 24.7. The number of methoxy groups -OCH3 is 2. The van der Waals surface area contributed by atoms with E-state index in [4.69, 9.17) is 25.8 Å². The van der Waals surface area contributed by atoms with Crippen LogP contribution in [0.15, 0.2) is 36.4 Å². The minimum absolute atomic E-state index is 0.0246. The first-order chi connectivity index (χ1) is 16.4. The van der Waals surface area contributed by atoms with Crippen molar-refractivity contribution in [2.45, 2.75) is 38.6 Å². The third-order valence-corrected chi connectivity index (χ3v) is 6.19. The molecular weight excluding hydrogens is 460 g/mol. The van der Waals surface area contributed by atoms with Crippen LogP contribution in [0.5, 0.6) is 11.5 Å². The number of nitrogens with one attached hydrogen (secondary N) is 1. The van der Waals surface area contributed by atoms with Crippen LogP contribution >= 0.6 is 11.6 Å². The Morgan fingerprint density at radius 2 is 1.76 bits per heavy atom. The van der Waals surface area contributed by atoms with Crippen LogP contribution in [0.1, 0.15) is 53.3 Å². The number of likely N-dealkylation sites (tertiary alicyclic amines) is 1. The maximum absolute atomic E-state index is 13.0. The molecule has 0 aliphatic carbocycles. The minimum Gasteiger partial charge on any atom is -0.493 e. The van der Waals surface area contributed by atoms with Crippen LogP contribution in [0, 0.1) is 0 Å². The molecule has 9 heteroatoms. The molecule has 1 N–H and O–H groups in total. The number of benzene rings is 2. The fraction of sp³-hybridized carbons (Fsp3) is 0.400. The molecule has 1 saturated heterocycles. The van der Waals surface area contributed by atoms with Gasteiger partial charge in [-0.15, -0.1) is 0 Å². The van der Waals surface area contributed by atoms with Crippen LogP contribution in [-0.2, 0) is 9.53 Å². The van der Waals surface area contributed by atoms with Gasteiger partial charge in [0.15, 0.2) is 18.1 Å². The molecule has 0 saturated carbocycles. The lowest BCUT2D eigenvalue weighted by atomic mass is 10.00. The number of amides is 2. The Bertz CT molecular complexity index is 1060. The Hall–Kier alpha value is -3.26. The van der Waals surface area contributed by atoms with Crippen LogP contribution in [0.25, 0.3) is 0 Å². The fourth-order valence-corrected chi connectivity index (χ4v) is 4.25. The number of esters is 1. The smallest absolute Gasteiger partial charge is 0.340 e. The van der Waals surface area contributed by atoms with Crippen molar-refractivity contribution in [2.24, 2.45) is 0 Å². The van der Waals surface area contributed by atoms with Gasteiger partial charge in [0.1, 0.15) is 0 Å². The third-order valence-electron chi connectivity index (χ3n) is 5.86. The molecular formula is C25H29ClN2O6. The summed E-state index contributed by atoms with van der Waals surface area (Å²) in [5.41, 5.74) is 0.408. The summed E-state index contributed by atoms with van der Waals surface area (Å²) in [5, 5.41) is 2.95. The number of rotatable bonds is 8. The van der Waals surface area contributed by atoms with Crippen molar-refractivity contribution in [1.29, 1.82) is 0 Å². The number of halogens is 1. The Morgan fingerprint density at radius 1 is 1.06 bits per heavy atom. The highest BCUT2D eigenvalue weighted by atomic mass is 35.5.